The van der Waals surface area contributed by atoms with E-state index < -0.39 is 0 Å². The first-order valence-electron chi connectivity index (χ1n) is 6.21. The third-order valence-corrected chi connectivity index (χ3v) is 5.47. The van der Waals surface area contributed by atoms with Gasteiger partial charge in [-0.3, -0.25) is 0 Å². The molecule has 0 saturated carbocycles. The monoisotopic (exact) mass is 401 g/mol. The molecule has 0 fully saturated rings. The Kier molecular flexibility index (Phi) is 5.48. The Hall–Kier alpha value is -0.320. The van der Waals surface area contributed by atoms with Gasteiger partial charge in [0.25, 0.3) is 0 Å². The topological polar surface area (TPSA) is 3.24 Å². The SMILES string of the molecule is CC(Cc1cccs1)N(C)c1ccc(CBr)cc1Br. The first kappa shape index (κ1) is 15.1. The van der Waals surface area contributed by atoms with Crippen LogP contribution in [0.2, 0.25) is 0 Å². The molecule has 0 saturated heterocycles. The van der Waals surface area contributed by atoms with Crippen LogP contribution >= 0.6 is 43.2 Å². The van der Waals surface area contributed by atoms with Gasteiger partial charge in [0, 0.05) is 34.2 Å². The van der Waals surface area contributed by atoms with Gasteiger partial charge in [-0.1, -0.05) is 28.1 Å². The summed E-state index contributed by atoms with van der Waals surface area (Å²) in [7, 11) is 2.16. The van der Waals surface area contributed by atoms with Crippen molar-refractivity contribution in [2.45, 2.75) is 24.7 Å². The minimum Gasteiger partial charge on any atom is -0.371 e. The molecule has 0 aliphatic carbocycles. The maximum Gasteiger partial charge on any atom is 0.0510 e. The second-order valence-corrected chi connectivity index (χ2v) is 7.11. The van der Waals surface area contributed by atoms with Crippen LogP contribution in [0.1, 0.15) is 17.4 Å². The number of likely N-dealkylation sites (N-methyl/N-ethyl adjacent to an activating group) is 1. The van der Waals surface area contributed by atoms with E-state index in [0.717, 1.165) is 16.2 Å². The van der Waals surface area contributed by atoms with Gasteiger partial charge in [0.15, 0.2) is 0 Å². The molecule has 1 unspecified atom stereocenters. The van der Waals surface area contributed by atoms with Crippen molar-refractivity contribution in [3.8, 4) is 0 Å². The van der Waals surface area contributed by atoms with E-state index in [-0.39, 0.29) is 0 Å². The second kappa shape index (κ2) is 6.91. The number of rotatable bonds is 5. The Morgan fingerprint density at radius 2 is 2.11 bits per heavy atom. The molecule has 19 heavy (non-hydrogen) atoms. The standard InChI is InChI=1S/C15H17Br2NS/c1-11(8-13-4-3-7-19-13)18(2)15-6-5-12(10-16)9-14(15)17/h3-7,9,11H,8,10H2,1-2H3. The van der Waals surface area contributed by atoms with Crippen LogP contribution in [0.25, 0.3) is 0 Å². The van der Waals surface area contributed by atoms with Crippen molar-refractivity contribution in [3.63, 3.8) is 0 Å². The van der Waals surface area contributed by atoms with Crippen LogP contribution in [-0.4, -0.2) is 13.1 Å². The van der Waals surface area contributed by atoms with Gasteiger partial charge in [0.2, 0.25) is 0 Å². The fourth-order valence-electron chi connectivity index (χ4n) is 2.01. The molecular weight excluding hydrogens is 386 g/mol. The molecule has 1 atom stereocenters. The molecule has 1 aromatic heterocycles. The third kappa shape index (κ3) is 3.83. The van der Waals surface area contributed by atoms with Gasteiger partial charge >= 0.3 is 0 Å². The molecule has 0 bridgehead atoms. The van der Waals surface area contributed by atoms with Gasteiger partial charge in [-0.2, -0.15) is 0 Å². The van der Waals surface area contributed by atoms with E-state index in [4.69, 9.17) is 0 Å². The van der Waals surface area contributed by atoms with E-state index in [1.165, 1.54) is 16.1 Å². The molecule has 0 N–H and O–H groups in total. The van der Waals surface area contributed by atoms with E-state index in [1.54, 1.807) is 0 Å². The molecule has 0 radical (unpaired) electrons. The summed E-state index contributed by atoms with van der Waals surface area (Å²) in [4.78, 5) is 3.77. The smallest absolute Gasteiger partial charge is 0.0510 e. The van der Waals surface area contributed by atoms with Crippen LogP contribution in [0.15, 0.2) is 40.2 Å². The molecule has 4 heteroatoms. The number of halogens is 2. The molecular formula is C15H17Br2NS. The fraction of sp³-hybridized carbons (Fsp3) is 0.333. The molecule has 1 aromatic carbocycles. The first-order valence-corrected chi connectivity index (χ1v) is 9.01. The molecule has 0 spiro atoms. The lowest BCUT2D eigenvalue weighted by Crippen LogP contribution is -2.30. The highest BCUT2D eigenvalue weighted by atomic mass is 79.9. The van der Waals surface area contributed by atoms with E-state index >= 15 is 0 Å². The maximum absolute atomic E-state index is 3.67. The summed E-state index contributed by atoms with van der Waals surface area (Å²) in [6.45, 7) is 2.27. The van der Waals surface area contributed by atoms with Crippen molar-refractivity contribution in [1.29, 1.82) is 0 Å². The van der Waals surface area contributed by atoms with Gasteiger partial charge in [0.1, 0.15) is 0 Å². The Balaban J connectivity index is 2.12. The third-order valence-electron chi connectivity index (χ3n) is 3.28. The first-order chi connectivity index (χ1) is 9.11. The van der Waals surface area contributed by atoms with Crippen LogP contribution in [0, 0.1) is 0 Å². The van der Waals surface area contributed by atoms with Crippen molar-refractivity contribution in [1.82, 2.24) is 0 Å². The minimum atomic E-state index is 0.477. The number of alkyl halides is 1. The van der Waals surface area contributed by atoms with Crippen LogP contribution in [0.3, 0.4) is 0 Å². The van der Waals surface area contributed by atoms with Crippen molar-refractivity contribution < 1.29 is 0 Å². The highest BCUT2D eigenvalue weighted by Gasteiger charge is 2.14. The Labute approximate surface area is 135 Å². The van der Waals surface area contributed by atoms with Gasteiger partial charge in [0.05, 0.1) is 5.69 Å². The Morgan fingerprint density at radius 1 is 1.32 bits per heavy atom. The fourth-order valence-corrected chi connectivity index (χ4v) is 3.89. The summed E-state index contributed by atoms with van der Waals surface area (Å²) in [5, 5.41) is 3.03. The Morgan fingerprint density at radius 3 is 2.68 bits per heavy atom. The van der Waals surface area contributed by atoms with Gasteiger partial charge in [-0.05, 0) is 52.0 Å². The molecule has 2 rings (SSSR count). The molecule has 102 valence electrons. The highest BCUT2D eigenvalue weighted by molar-refractivity contribution is 9.10. The number of hydrogen-bond acceptors (Lipinski definition) is 2. The molecule has 0 amide bonds. The lowest BCUT2D eigenvalue weighted by molar-refractivity contribution is 0.687. The predicted molar refractivity (Wildman–Crippen MR) is 92.7 cm³/mol. The van der Waals surface area contributed by atoms with Gasteiger partial charge < -0.3 is 4.90 Å². The van der Waals surface area contributed by atoms with Crippen LogP contribution in [0.4, 0.5) is 5.69 Å². The lowest BCUT2D eigenvalue weighted by Gasteiger charge is -2.28. The number of hydrogen-bond donors (Lipinski definition) is 0. The zero-order chi connectivity index (χ0) is 13.8. The molecule has 1 heterocycles. The summed E-state index contributed by atoms with van der Waals surface area (Å²) in [5.74, 6) is 0. The summed E-state index contributed by atoms with van der Waals surface area (Å²) in [5.41, 5.74) is 2.53. The quantitative estimate of drug-likeness (QED) is 0.599. The lowest BCUT2D eigenvalue weighted by atomic mass is 10.1. The molecule has 1 nitrogen and oxygen atoms in total. The Bertz CT molecular complexity index is 525. The van der Waals surface area contributed by atoms with Crippen molar-refractivity contribution in [2.75, 3.05) is 11.9 Å². The normalized spacial score (nSPS) is 12.4. The van der Waals surface area contributed by atoms with Crippen LogP contribution in [0.5, 0.6) is 0 Å². The molecule has 2 aromatic rings. The van der Waals surface area contributed by atoms with Gasteiger partial charge in [-0.25, -0.2) is 0 Å². The highest BCUT2D eigenvalue weighted by Crippen LogP contribution is 2.29. The number of thiophene rings is 1. The van der Waals surface area contributed by atoms with Crippen molar-refractivity contribution in [2.24, 2.45) is 0 Å². The molecule has 0 aliphatic rings. The zero-order valence-electron chi connectivity index (χ0n) is 11.1. The van der Waals surface area contributed by atoms with E-state index in [1.807, 2.05) is 11.3 Å². The maximum atomic E-state index is 3.67. The summed E-state index contributed by atoms with van der Waals surface area (Å²) < 4.78 is 1.16. The number of nitrogens with zero attached hydrogens (tertiary/aromatic N) is 1. The second-order valence-electron chi connectivity index (χ2n) is 4.66. The van der Waals surface area contributed by atoms with Crippen LogP contribution in [-0.2, 0) is 11.8 Å². The largest absolute Gasteiger partial charge is 0.371 e. The van der Waals surface area contributed by atoms with Crippen molar-refractivity contribution in [3.05, 3.63) is 50.6 Å². The van der Waals surface area contributed by atoms with E-state index in [2.05, 4.69) is 86.4 Å². The molecule has 0 aliphatic heterocycles. The van der Waals surface area contributed by atoms with E-state index in [0.29, 0.717) is 6.04 Å². The number of benzene rings is 1. The average Bonchev–Trinajstić information content (AvgIpc) is 2.90. The zero-order valence-corrected chi connectivity index (χ0v) is 15.1. The van der Waals surface area contributed by atoms with Crippen molar-refractivity contribution >= 4 is 48.9 Å². The summed E-state index contributed by atoms with van der Waals surface area (Å²) in [6, 6.07) is 11.3. The van der Waals surface area contributed by atoms with Gasteiger partial charge in [-0.15, -0.1) is 11.3 Å². The average molecular weight is 403 g/mol. The summed E-state index contributed by atoms with van der Waals surface area (Å²) >= 11 is 8.99. The predicted octanol–water partition coefficient (Wildman–Crippen LogP) is 5.47. The van der Waals surface area contributed by atoms with Crippen LogP contribution < -0.4 is 4.90 Å². The summed E-state index contributed by atoms with van der Waals surface area (Å²) in [6.07, 6.45) is 1.08. The van der Waals surface area contributed by atoms with E-state index in [9.17, 15) is 0 Å². The number of anilines is 1. The minimum absolute atomic E-state index is 0.477.